The highest BCUT2D eigenvalue weighted by atomic mass is 16.3. The average molecular weight is 309 g/mol. The Morgan fingerprint density at radius 2 is 1.96 bits per heavy atom. The van der Waals surface area contributed by atoms with Crippen molar-refractivity contribution in [1.82, 2.24) is 15.2 Å². The van der Waals surface area contributed by atoms with E-state index in [-0.39, 0.29) is 12.2 Å². The van der Waals surface area contributed by atoms with E-state index in [1.807, 2.05) is 6.92 Å². The summed E-state index contributed by atoms with van der Waals surface area (Å²) in [6.07, 6.45) is 3.49. The Hall–Kier alpha value is -3.02. The summed E-state index contributed by atoms with van der Waals surface area (Å²) < 4.78 is 5.38. The Labute approximate surface area is 132 Å². The van der Waals surface area contributed by atoms with Gasteiger partial charge < -0.3 is 4.42 Å². The molecule has 2 aromatic heterocycles. The Bertz CT molecular complexity index is 817. The number of hydrogen-bond donors (Lipinski definition) is 1. The highest BCUT2D eigenvalue weighted by Gasteiger charge is 2.21. The van der Waals surface area contributed by atoms with E-state index in [0.29, 0.717) is 12.2 Å². The second-order valence-electron chi connectivity index (χ2n) is 5.34. The first kappa shape index (κ1) is 14.9. The number of aromatic nitrogens is 3. The number of aryl methyl sites for hydroxylation is 1. The third-order valence-electron chi connectivity index (χ3n) is 3.44. The molecule has 0 radical (unpaired) electrons. The highest BCUT2D eigenvalue weighted by Crippen LogP contribution is 2.15. The Morgan fingerprint density at radius 1 is 1.17 bits per heavy atom. The lowest BCUT2D eigenvalue weighted by molar-refractivity contribution is -0.114. The third kappa shape index (κ3) is 3.60. The maximum atomic E-state index is 11.9. The predicted octanol–water partition coefficient (Wildman–Crippen LogP) is 2.29. The van der Waals surface area contributed by atoms with E-state index >= 15 is 0 Å². The van der Waals surface area contributed by atoms with E-state index in [9.17, 15) is 9.59 Å². The standard InChI is InChI=1S/C17H15N3O3/c1-11-2-4-12(5-3-11)6-13-7-14(23-9-13)8-15(21)16(22)17-18-10-19-20-17/h2-5,7,9-10H,6,8H2,1H3,(H,18,19,20). The molecular formula is C17H15N3O3. The largest absolute Gasteiger partial charge is 0.469 e. The molecule has 2 heterocycles. The molecule has 0 atom stereocenters. The molecule has 0 aliphatic heterocycles. The SMILES string of the molecule is Cc1ccc(Cc2coc(CC(=O)C(=O)c3nc[nH]n3)c2)cc1. The number of benzene rings is 1. The van der Waals surface area contributed by atoms with Crippen LogP contribution in [0.3, 0.4) is 0 Å². The molecule has 116 valence electrons. The first-order valence-electron chi connectivity index (χ1n) is 7.17. The minimum absolute atomic E-state index is 0.0960. The summed E-state index contributed by atoms with van der Waals surface area (Å²) in [4.78, 5) is 27.4. The molecule has 1 aromatic carbocycles. The molecule has 1 N–H and O–H groups in total. The minimum atomic E-state index is -0.720. The van der Waals surface area contributed by atoms with Gasteiger partial charge in [-0.15, -0.1) is 5.10 Å². The van der Waals surface area contributed by atoms with E-state index < -0.39 is 11.6 Å². The third-order valence-corrected chi connectivity index (χ3v) is 3.44. The van der Waals surface area contributed by atoms with Crippen molar-refractivity contribution in [2.45, 2.75) is 19.8 Å². The van der Waals surface area contributed by atoms with Crippen molar-refractivity contribution in [3.63, 3.8) is 0 Å². The molecule has 0 saturated heterocycles. The van der Waals surface area contributed by atoms with Gasteiger partial charge in [0.15, 0.2) is 0 Å². The zero-order valence-corrected chi connectivity index (χ0v) is 12.6. The molecule has 0 fully saturated rings. The average Bonchev–Trinajstić information content (AvgIpc) is 3.21. The van der Waals surface area contributed by atoms with Crippen LogP contribution in [-0.4, -0.2) is 26.7 Å². The topological polar surface area (TPSA) is 88.9 Å². The van der Waals surface area contributed by atoms with Gasteiger partial charge in [0.2, 0.25) is 11.6 Å². The van der Waals surface area contributed by atoms with Crippen LogP contribution in [0.2, 0.25) is 0 Å². The number of rotatable bonds is 6. The normalized spacial score (nSPS) is 10.7. The van der Waals surface area contributed by atoms with Crippen molar-refractivity contribution in [2.75, 3.05) is 0 Å². The summed E-state index contributed by atoms with van der Waals surface area (Å²) in [7, 11) is 0. The summed E-state index contributed by atoms with van der Waals surface area (Å²) in [6.45, 7) is 2.04. The maximum Gasteiger partial charge on any atom is 0.268 e. The molecule has 0 amide bonds. The molecule has 0 aliphatic rings. The van der Waals surface area contributed by atoms with Crippen molar-refractivity contribution in [1.29, 1.82) is 0 Å². The van der Waals surface area contributed by atoms with Crippen LogP contribution in [0.5, 0.6) is 0 Å². The van der Waals surface area contributed by atoms with Gasteiger partial charge in [0, 0.05) is 6.42 Å². The number of nitrogens with zero attached hydrogens (tertiary/aromatic N) is 2. The van der Waals surface area contributed by atoms with Crippen molar-refractivity contribution < 1.29 is 14.0 Å². The second kappa shape index (κ2) is 6.39. The number of aromatic amines is 1. The number of furan rings is 1. The van der Waals surface area contributed by atoms with Gasteiger partial charge in [-0.3, -0.25) is 14.7 Å². The fourth-order valence-electron chi connectivity index (χ4n) is 2.23. The number of H-pyrrole nitrogens is 1. The summed E-state index contributed by atoms with van der Waals surface area (Å²) in [6, 6.07) is 10.0. The monoisotopic (exact) mass is 309 g/mol. The number of Topliss-reactive ketones (excluding diaryl/α,β-unsaturated/α-hetero) is 2. The molecule has 0 spiro atoms. The van der Waals surface area contributed by atoms with Gasteiger partial charge in [0.25, 0.3) is 5.78 Å². The molecule has 3 aromatic rings. The molecule has 3 rings (SSSR count). The van der Waals surface area contributed by atoms with Crippen molar-refractivity contribution in [3.8, 4) is 0 Å². The van der Waals surface area contributed by atoms with Gasteiger partial charge in [-0.05, 0) is 24.1 Å². The molecule has 23 heavy (non-hydrogen) atoms. The Kier molecular flexibility index (Phi) is 4.14. The number of hydrogen-bond acceptors (Lipinski definition) is 5. The molecule has 0 saturated carbocycles. The first-order chi connectivity index (χ1) is 11.1. The number of carbonyl (C=O) groups excluding carboxylic acids is 2. The van der Waals surface area contributed by atoms with Crippen LogP contribution in [0, 0.1) is 6.92 Å². The smallest absolute Gasteiger partial charge is 0.268 e. The van der Waals surface area contributed by atoms with Gasteiger partial charge >= 0.3 is 0 Å². The fourth-order valence-corrected chi connectivity index (χ4v) is 2.23. The maximum absolute atomic E-state index is 11.9. The lowest BCUT2D eigenvalue weighted by Gasteiger charge is -1.98. The molecular weight excluding hydrogens is 294 g/mol. The quantitative estimate of drug-likeness (QED) is 0.557. The number of nitrogens with one attached hydrogen (secondary N) is 1. The van der Waals surface area contributed by atoms with Gasteiger partial charge in [-0.1, -0.05) is 29.8 Å². The molecule has 0 aliphatic carbocycles. The minimum Gasteiger partial charge on any atom is -0.469 e. The number of ketones is 2. The lowest BCUT2D eigenvalue weighted by atomic mass is 10.1. The fraction of sp³-hybridized carbons (Fsp3) is 0.176. The zero-order valence-electron chi connectivity index (χ0n) is 12.6. The van der Waals surface area contributed by atoms with Crippen LogP contribution in [0.1, 0.15) is 33.1 Å². The molecule has 0 unspecified atom stereocenters. The molecule has 6 heteroatoms. The molecule has 0 bridgehead atoms. The van der Waals surface area contributed by atoms with E-state index in [1.165, 1.54) is 11.9 Å². The predicted molar refractivity (Wildman–Crippen MR) is 82.1 cm³/mol. The Morgan fingerprint density at radius 3 is 2.65 bits per heavy atom. The van der Waals surface area contributed by atoms with Crippen LogP contribution >= 0.6 is 0 Å². The van der Waals surface area contributed by atoms with Crippen molar-refractivity contribution >= 4 is 11.6 Å². The van der Waals surface area contributed by atoms with Crippen molar-refractivity contribution in [2.24, 2.45) is 0 Å². The second-order valence-corrected chi connectivity index (χ2v) is 5.34. The number of carbonyl (C=O) groups is 2. The van der Waals surface area contributed by atoms with Gasteiger partial charge in [0.1, 0.15) is 12.1 Å². The highest BCUT2D eigenvalue weighted by molar-refractivity contribution is 6.42. The van der Waals surface area contributed by atoms with E-state index in [2.05, 4.69) is 39.4 Å². The lowest BCUT2D eigenvalue weighted by Crippen LogP contribution is -2.17. The van der Waals surface area contributed by atoms with Gasteiger partial charge in [-0.25, -0.2) is 4.98 Å². The summed E-state index contributed by atoms with van der Waals surface area (Å²) in [5, 5.41) is 6.02. The summed E-state index contributed by atoms with van der Waals surface area (Å²) in [5.41, 5.74) is 3.32. The van der Waals surface area contributed by atoms with Crippen LogP contribution in [0.4, 0.5) is 0 Å². The van der Waals surface area contributed by atoms with Gasteiger partial charge in [0.05, 0.1) is 12.7 Å². The van der Waals surface area contributed by atoms with Crippen LogP contribution < -0.4 is 0 Å². The van der Waals surface area contributed by atoms with Crippen LogP contribution in [0.15, 0.2) is 47.3 Å². The Balaban J connectivity index is 1.64. The zero-order chi connectivity index (χ0) is 16.2. The summed E-state index contributed by atoms with van der Waals surface area (Å²) in [5.74, 6) is -0.981. The van der Waals surface area contributed by atoms with E-state index in [4.69, 9.17) is 4.42 Å². The van der Waals surface area contributed by atoms with Crippen molar-refractivity contribution in [3.05, 3.63) is 71.2 Å². The summed E-state index contributed by atoms with van der Waals surface area (Å²) >= 11 is 0. The molecule has 6 nitrogen and oxygen atoms in total. The van der Waals surface area contributed by atoms with E-state index in [0.717, 1.165) is 11.1 Å². The van der Waals surface area contributed by atoms with E-state index in [1.54, 1.807) is 12.3 Å². The van der Waals surface area contributed by atoms with Gasteiger partial charge in [-0.2, -0.15) is 0 Å². The first-order valence-corrected chi connectivity index (χ1v) is 7.17. The van der Waals surface area contributed by atoms with Crippen LogP contribution in [0.25, 0.3) is 0 Å². The van der Waals surface area contributed by atoms with Crippen LogP contribution in [-0.2, 0) is 17.6 Å².